The second-order valence-electron chi connectivity index (χ2n) is 6.51. The first-order chi connectivity index (χ1) is 12.6. The molecule has 7 heteroatoms. The molecule has 0 bridgehead atoms. The first-order valence-electron chi connectivity index (χ1n) is 8.30. The summed E-state index contributed by atoms with van der Waals surface area (Å²) in [6, 6.07) is 12.2. The van der Waals surface area contributed by atoms with Crippen LogP contribution in [0.4, 0.5) is 5.82 Å². The minimum Gasteiger partial charge on any atom is -0.385 e. The molecule has 2 aromatic heterocycles. The fourth-order valence-corrected chi connectivity index (χ4v) is 4.25. The highest BCUT2D eigenvalue weighted by Gasteiger charge is 2.42. The van der Waals surface area contributed by atoms with Crippen LogP contribution in [-0.4, -0.2) is 40.9 Å². The number of nitriles is 1. The van der Waals surface area contributed by atoms with Crippen molar-refractivity contribution in [3.8, 4) is 17.2 Å². The van der Waals surface area contributed by atoms with Gasteiger partial charge in [-0.2, -0.15) is 5.26 Å². The van der Waals surface area contributed by atoms with E-state index >= 15 is 0 Å². The molecule has 1 fully saturated rings. The normalized spacial score (nSPS) is 15.7. The first-order valence-corrected chi connectivity index (χ1v) is 9.18. The van der Waals surface area contributed by atoms with E-state index in [1.54, 1.807) is 18.4 Å². The zero-order chi connectivity index (χ0) is 18.1. The average molecular weight is 366 g/mol. The Hall–Kier alpha value is -2.53. The van der Waals surface area contributed by atoms with E-state index in [2.05, 4.69) is 28.6 Å². The maximum absolute atomic E-state index is 10.4. The Morgan fingerprint density at radius 3 is 2.77 bits per heavy atom. The third kappa shape index (κ3) is 2.92. The van der Waals surface area contributed by atoms with E-state index in [0.717, 1.165) is 27.2 Å². The summed E-state index contributed by atoms with van der Waals surface area (Å²) in [5, 5.41) is 22.4. The maximum Gasteiger partial charge on any atom is 0.158 e. The lowest BCUT2D eigenvalue weighted by Gasteiger charge is -2.46. The number of anilines is 1. The molecule has 0 saturated carbocycles. The molecule has 1 aromatic carbocycles. The van der Waals surface area contributed by atoms with Crippen molar-refractivity contribution in [3.05, 3.63) is 41.5 Å². The maximum atomic E-state index is 10.4. The van der Waals surface area contributed by atoms with E-state index < -0.39 is 5.60 Å². The fraction of sp³-hybridized carbons (Fsp3) is 0.316. The standard InChI is InChI=1S/C19H18N4O2S/c1-25-9-15-21-17(23-11-19(24,12-23)7-8-20)16-14(10-26-18(16)22-15)13-5-3-2-4-6-13/h2-6,10,24H,7,9,11-12H2,1H3. The van der Waals surface area contributed by atoms with Crippen molar-refractivity contribution in [3.63, 3.8) is 0 Å². The second-order valence-corrected chi connectivity index (χ2v) is 7.37. The van der Waals surface area contributed by atoms with Gasteiger partial charge in [0.05, 0.1) is 31.0 Å². The van der Waals surface area contributed by atoms with Crippen LogP contribution in [-0.2, 0) is 11.3 Å². The third-order valence-corrected chi connectivity index (χ3v) is 5.37. The van der Waals surface area contributed by atoms with E-state index in [1.165, 1.54) is 0 Å². The molecule has 6 nitrogen and oxygen atoms in total. The summed E-state index contributed by atoms with van der Waals surface area (Å²) in [7, 11) is 1.62. The summed E-state index contributed by atoms with van der Waals surface area (Å²) in [6.45, 7) is 1.12. The van der Waals surface area contributed by atoms with Gasteiger partial charge in [-0.1, -0.05) is 30.3 Å². The van der Waals surface area contributed by atoms with E-state index in [4.69, 9.17) is 15.0 Å². The lowest BCUT2D eigenvalue weighted by molar-refractivity contribution is 0.0163. The molecule has 1 saturated heterocycles. The predicted octanol–water partition coefficient (Wildman–Crippen LogP) is 2.97. The SMILES string of the molecule is COCc1nc(N2CC(O)(CC#N)C2)c2c(-c3ccccc3)csc2n1. The fourth-order valence-electron chi connectivity index (χ4n) is 3.29. The number of aliphatic hydroxyl groups is 1. The topological polar surface area (TPSA) is 82.3 Å². The highest BCUT2D eigenvalue weighted by Crippen LogP contribution is 2.41. The summed E-state index contributed by atoms with van der Waals surface area (Å²) in [5.41, 5.74) is 1.23. The highest BCUT2D eigenvalue weighted by atomic mass is 32.1. The Morgan fingerprint density at radius 2 is 2.08 bits per heavy atom. The highest BCUT2D eigenvalue weighted by molar-refractivity contribution is 7.17. The molecule has 3 aromatic rings. The molecule has 1 aliphatic rings. The van der Waals surface area contributed by atoms with Crippen molar-refractivity contribution in [2.24, 2.45) is 0 Å². The smallest absolute Gasteiger partial charge is 0.158 e. The number of benzene rings is 1. The van der Waals surface area contributed by atoms with Gasteiger partial charge < -0.3 is 14.7 Å². The number of nitrogens with zero attached hydrogens (tertiary/aromatic N) is 4. The molecule has 4 rings (SSSR count). The number of ether oxygens (including phenoxy) is 1. The van der Waals surface area contributed by atoms with Crippen molar-refractivity contribution in [2.75, 3.05) is 25.1 Å². The zero-order valence-electron chi connectivity index (χ0n) is 14.3. The Morgan fingerprint density at radius 1 is 1.31 bits per heavy atom. The number of thiophene rings is 1. The van der Waals surface area contributed by atoms with Crippen LogP contribution in [0.3, 0.4) is 0 Å². The first kappa shape index (κ1) is 16.9. The molecule has 3 heterocycles. The summed E-state index contributed by atoms with van der Waals surface area (Å²) in [6.07, 6.45) is 0.123. The van der Waals surface area contributed by atoms with E-state index in [-0.39, 0.29) is 6.42 Å². The molecule has 0 radical (unpaired) electrons. The van der Waals surface area contributed by atoms with Crippen molar-refractivity contribution < 1.29 is 9.84 Å². The van der Waals surface area contributed by atoms with E-state index in [0.29, 0.717) is 25.5 Å². The quantitative estimate of drug-likeness (QED) is 0.747. The van der Waals surface area contributed by atoms with Gasteiger partial charge >= 0.3 is 0 Å². The molecular formula is C19H18N4O2S. The molecule has 0 spiro atoms. The summed E-state index contributed by atoms with van der Waals surface area (Å²) in [4.78, 5) is 12.2. The van der Waals surface area contributed by atoms with Crippen LogP contribution < -0.4 is 4.90 Å². The molecule has 0 aliphatic carbocycles. The average Bonchev–Trinajstić information content (AvgIpc) is 3.04. The molecule has 1 N–H and O–H groups in total. The Balaban J connectivity index is 1.81. The van der Waals surface area contributed by atoms with Crippen LogP contribution >= 0.6 is 11.3 Å². The summed E-state index contributed by atoms with van der Waals surface area (Å²) < 4.78 is 5.20. The van der Waals surface area contributed by atoms with Gasteiger partial charge in [-0.15, -0.1) is 11.3 Å². The minimum atomic E-state index is -0.962. The van der Waals surface area contributed by atoms with Gasteiger partial charge in [0.15, 0.2) is 5.82 Å². The summed E-state index contributed by atoms with van der Waals surface area (Å²) >= 11 is 1.58. The zero-order valence-corrected chi connectivity index (χ0v) is 15.2. The van der Waals surface area contributed by atoms with Gasteiger partial charge in [0.2, 0.25) is 0 Å². The van der Waals surface area contributed by atoms with Crippen LogP contribution in [0.5, 0.6) is 0 Å². The van der Waals surface area contributed by atoms with Crippen LogP contribution in [0.25, 0.3) is 21.3 Å². The largest absolute Gasteiger partial charge is 0.385 e. The van der Waals surface area contributed by atoms with Crippen molar-refractivity contribution in [1.82, 2.24) is 9.97 Å². The Labute approximate surface area is 155 Å². The molecule has 0 atom stereocenters. The molecule has 1 aliphatic heterocycles. The minimum absolute atomic E-state index is 0.123. The van der Waals surface area contributed by atoms with Crippen LogP contribution in [0.15, 0.2) is 35.7 Å². The van der Waals surface area contributed by atoms with Crippen molar-refractivity contribution in [2.45, 2.75) is 18.6 Å². The van der Waals surface area contributed by atoms with Crippen molar-refractivity contribution >= 4 is 27.4 Å². The van der Waals surface area contributed by atoms with Crippen LogP contribution in [0.2, 0.25) is 0 Å². The number of β-amino-alcohol motifs (C(OH)–C–C–N with tert-alkyl or cyclic N) is 1. The van der Waals surface area contributed by atoms with Crippen molar-refractivity contribution in [1.29, 1.82) is 5.26 Å². The van der Waals surface area contributed by atoms with Crippen LogP contribution in [0.1, 0.15) is 12.2 Å². The number of aromatic nitrogens is 2. The Bertz CT molecular complexity index is 974. The number of rotatable bonds is 5. The number of methoxy groups -OCH3 is 1. The lowest BCUT2D eigenvalue weighted by Crippen LogP contribution is -2.62. The monoisotopic (exact) mass is 366 g/mol. The Kier molecular flexibility index (Phi) is 4.32. The lowest BCUT2D eigenvalue weighted by atomic mass is 9.90. The van der Waals surface area contributed by atoms with Gasteiger partial charge in [0.1, 0.15) is 22.9 Å². The molecule has 132 valence electrons. The summed E-state index contributed by atoms with van der Waals surface area (Å²) in [5.74, 6) is 1.41. The number of fused-ring (bicyclic) bond motifs is 1. The third-order valence-electron chi connectivity index (χ3n) is 4.50. The van der Waals surface area contributed by atoms with Gasteiger partial charge in [0.25, 0.3) is 0 Å². The number of hydrogen-bond acceptors (Lipinski definition) is 7. The molecule has 0 unspecified atom stereocenters. The van der Waals surface area contributed by atoms with Gasteiger partial charge in [0, 0.05) is 18.1 Å². The van der Waals surface area contributed by atoms with E-state index in [9.17, 15) is 5.11 Å². The predicted molar refractivity (Wildman–Crippen MR) is 101 cm³/mol. The van der Waals surface area contributed by atoms with E-state index in [1.807, 2.05) is 23.1 Å². The number of hydrogen-bond donors (Lipinski definition) is 1. The molecule has 0 amide bonds. The van der Waals surface area contributed by atoms with Gasteiger partial charge in [-0.3, -0.25) is 0 Å². The van der Waals surface area contributed by atoms with Crippen LogP contribution in [0, 0.1) is 11.3 Å². The molecular weight excluding hydrogens is 348 g/mol. The second kappa shape index (κ2) is 6.65. The molecule has 26 heavy (non-hydrogen) atoms. The van der Waals surface area contributed by atoms with Gasteiger partial charge in [-0.05, 0) is 5.56 Å². The van der Waals surface area contributed by atoms with Gasteiger partial charge in [-0.25, -0.2) is 9.97 Å².